The Morgan fingerprint density at radius 2 is 1.78 bits per heavy atom. The van der Waals surface area contributed by atoms with Gasteiger partial charge in [0.05, 0.1) is 12.3 Å². The Kier molecular flexibility index (Phi) is 4.80. The molecule has 0 unspecified atom stereocenters. The number of hydrogen-bond donors (Lipinski definition) is 3. The van der Waals surface area contributed by atoms with Crippen LogP contribution >= 0.6 is 0 Å². The highest BCUT2D eigenvalue weighted by Gasteiger charge is 2.36. The number of imide groups is 2. The van der Waals surface area contributed by atoms with Crippen LogP contribution in [0.4, 0.5) is 10.5 Å². The van der Waals surface area contributed by atoms with Crippen LogP contribution < -0.4 is 15.0 Å². The molecule has 2 aromatic carbocycles. The number of rotatable bonds is 4. The van der Waals surface area contributed by atoms with Crippen molar-refractivity contribution in [3.8, 4) is 17.2 Å². The number of carbonyl (C=O) groups excluding carboxylic acids is 3. The molecular weight excluding hydrogens is 352 g/mol. The standard InChI is InChI=1S/C19H16N2O6/c1-2-27-16-10-11(3-8-15(16)23)9-14-17(24)20-19(26)21(18(14)25)12-4-6-13(22)7-5-12/h3-10,22-23H,2H2,1H3,(H,20,24,26). The molecule has 0 aromatic heterocycles. The van der Waals surface area contributed by atoms with Gasteiger partial charge in [0.1, 0.15) is 11.3 Å². The Morgan fingerprint density at radius 3 is 2.44 bits per heavy atom. The summed E-state index contributed by atoms with van der Waals surface area (Å²) in [5.74, 6) is -1.52. The van der Waals surface area contributed by atoms with Crippen molar-refractivity contribution in [3.05, 3.63) is 53.6 Å². The Morgan fingerprint density at radius 1 is 1.07 bits per heavy atom. The number of hydrogen-bond acceptors (Lipinski definition) is 6. The third kappa shape index (κ3) is 3.59. The second kappa shape index (κ2) is 7.20. The number of phenolic OH excluding ortho intramolecular Hbond substituents is 2. The maximum atomic E-state index is 12.7. The lowest BCUT2D eigenvalue weighted by atomic mass is 10.1. The molecule has 8 heteroatoms. The first-order valence-corrected chi connectivity index (χ1v) is 8.07. The molecule has 0 atom stereocenters. The van der Waals surface area contributed by atoms with Crippen LogP contribution in [0.5, 0.6) is 17.2 Å². The van der Waals surface area contributed by atoms with Crippen LogP contribution in [-0.4, -0.2) is 34.7 Å². The second-order valence-corrected chi connectivity index (χ2v) is 5.63. The van der Waals surface area contributed by atoms with Crippen LogP contribution in [0.1, 0.15) is 12.5 Å². The molecule has 3 rings (SSSR count). The molecule has 0 bridgehead atoms. The van der Waals surface area contributed by atoms with Crippen molar-refractivity contribution in [1.29, 1.82) is 0 Å². The number of nitrogens with one attached hydrogen (secondary N) is 1. The molecule has 1 aliphatic heterocycles. The average molecular weight is 368 g/mol. The van der Waals surface area contributed by atoms with Gasteiger partial charge < -0.3 is 14.9 Å². The number of amides is 4. The van der Waals surface area contributed by atoms with E-state index in [1.54, 1.807) is 6.92 Å². The van der Waals surface area contributed by atoms with E-state index in [-0.39, 0.29) is 28.5 Å². The van der Waals surface area contributed by atoms with Crippen LogP contribution in [0.15, 0.2) is 48.0 Å². The zero-order valence-corrected chi connectivity index (χ0v) is 14.3. The molecule has 0 spiro atoms. The monoisotopic (exact) mass is 368 g/mol. The Bertz CT molecular complexity index is 949. The SMILES string of the molecule is CCOc1cc(C=C2C(=O)NC(=O)N(c3ccc(O)cc3)C2=O)ccc1O. The molecule has 0 aliphatic carbocycles. The quantitative estimate of drug-likeness (QED) is 0.563. The Labute approximate surface area is 154 Å². The first-order chi connectivity index (χ1) is 12.9. The average Bonchev–Trinajstić information content (AvgIpc) is 2.63. The van der Waals surface area contributed by atoms with E-state index in [4.69, 9.17) is 4.74 Å². The third-order valence-corrected chi connectivity index (χ3v) is 3.80. The third-order valence-electron chi connectivity index (χ3n) is 3.80. The van der Waals surface area contributed by atoms with Gasteiger partial charge in [0.2, 0.25) is 0 Å². The lowest BCUT2D eigenvalue weighted by Crippen LogP contribution is -2.54. The molecule has 1 aliphatic rings. The van der Waals surface area contributed by atoms with E-state index >= 15 is 0 Å². The van der Waals surface area contributed by atoms with Gasteiger partial charge in [0.15, 0.2) is 11.5 Å². The summed E-state index contributed by atoms with van der Waals surface area (Å²) >= 11 is 0. The molecular formula is C19H16N2O6. The van der Waals surface area contributed by atoms with Gasteiger partial charge in [-0.15, -0.1) is 0 Å². The Hall–Kier alpha value is -3.81. The molecule has 8 nitrogen and oxygen atoms in total. The lowest BCUT2D eigenvalue weighted by molar-refractivity contribution is -0.122. The summed E-state index contributed by atoms with van der Waals surface area (Å²) in [4.78, 5) is 37.8. The zero-order valence-electron chi connectivity index (χ0n) is 14.3. The topological polar surface area (TPSA) is 116 Å². The predicted molar refractivity (Wildman–Crippen MR) is 96.4 cm³/mol. The highest BCUT2D eigenvalue weighted by molar-refractivity contribution is 6.39. The second-order valence-electron chi connectivity index (χ2n) is 5.63. The van der Waals surface area contributed by atoms with Gasteiger partial charge in [-0.2, -0.15) is 0 Å². The molecule has 0 radical (unpaired) electrons. The van der Waals surface area contributed by atoms with Gasteiger partial charge in [0, 0.05) is 0 Å². The van der Waals surface area contributed by atoms with E-state index in [9.17, 15) is 24.6 Å². The van der Waals surface area contributed by atoms with Crippen LogP contribution in [0.25, 0.3) is 6.08 Å². The highest BCUT2D eigenvalue weighted by Crippen LogP contribution is 2.29. The van der Waals surface area contributed by atoms with Crippen LogP contribution in [0, 0.1) is 0 Å². The van der Waals surface area contributed by atoms with Gasteiger partial charge in [0.25, 0.3) is 11.8 Å². The summed E-state index contributed by atoms with van der Waals surface area (Å²) in [5, 5.41) is 21.2. The molecule has 27 heavy (non-hydrogen) atoms. The van der Waals surface area contributed by atoms with Crippen molar-refractivity contribution >= 4 is 29.6 Å². The summed E-state index contributed by atoms with van der Waals surface area (Å²) in [6.45, 7) is 2.08. The number of urea groups is 1. The smallest absolute Gasteiger partial charge is 0.335 e. The number of aromatic hydroxyl groups is 2. The number of carbonyl (C=O) groups is 3. The summed E-state index contributed by atoms with van der Waals surface area (Å²) in [6.07, 6.45) is 1.31. The minimum atomic E-state index is -0.881. The van der Waals surface area contributed by atoms with Crippen molar-refractivity contribution in [1.82, 2.24) is 5.32 Å². The Balaban J connectivity index is 1.99. The van der Waals surface area contributed by atoms with Gasteiger partial charge in [-0.1, -0.05) is 6.07 Å². The van der Waals surface area contributed by atoms with Gasteiger partial charge in [-0.25, -0.2) is 9.69 Å². The number of benzene rings is 2. The normalized spacial score (nSPS) is 15.8. The largest absolute Gasteiger partial charge is 0.508 e. The van der Waals surface area contributed by atoms with Crippen molar-refractivity contribution in [2.75, 3.05) is 11.5 Å². The number of barbiturate groups is 1. The van der Waals surface area contributed by atoms with Crippen molar-refractivity contribution in [2.45, 2.75) is 6.92 Å². The number of phenols is 2. The van der Waals surface area contributed by atoms with Crippen molar-refractivity contribution in [3.63, 3.8) is 0 Å². The molecule has 1 heterocycles. The fourth-order valence-corrected chi connectivity index (χ4v) is 2.55. The summed E-state index contributed by atoms with van der Waals surface area (Å²) in [7, 11) is 0. The van der Waals surface area contributed by atoms with Crippen LogP contribution in [0.3, 0.4) is 0 Å². The molecule has 138 valence electrons. The summed E-state index contributed by atoms with van der Waals surface area (Å²) in [5.41, 5.74) is 0.389. The van der Waals surface area contributed by atoms with E-state index in [2.05, 4.69) is 5.32 Å². The maximum absolute atomic E-state index is 12.7. The lowest BCUT2D eigenvalue weighted by Gasteiger charge is -2.26. The minimum Gasteiger partial charge on any atom is -0.508 e. The van der Waals surface area contributed by atoms with Crippen LogP contribution in [0.2, 0.25) is 0 Å². The molecule has 4 amide bonds. The molecule has 1 saturated heterocycles. The molecule has 3 N–H and O–H groups in total. The first kappa shape index (κ1) is 18.0. The minimum absolute atomic E-state index is 0.0250. The predicted octanol–water partition coefficient (Wildman–Crippen LogP) is 2.16. The number of nitrogens with zero attached hydrogens (tertiary/aromatic N) is 1. The molecule has 1 fully saturated rings. The molecule has 2 aromatic rings. The van der Waals surface area contributed by atoms with Crippen molar-refractivity contribution in [2.24, 2.45) is 0 Å². The van der Waals surface area contributed by atoms with E-state index in [0.717, 1.165) is 4.90 Å². The first-order valence-electron chi connectivity index (χ1n) is 8.07. The zero-order chi connectivity index (χ0) is 19.6. The highest BCUT2D eigenvalue weighted by atomic mass is 16.5. The summed E-state index contributed by atoms with van der Waals surface area (Å²) < 4.78 is 5.29. The van der Waals surface area contributed by atoms with E-state index in [1.165, 1.54) is 48.5 Å². The maximum Gasteiger partial charge on any atom is 0.335 e. The van der Waals surface area contributed by atoms with Crippen LogP contribution in [-0.2, 0) is 9.59 Å². The van der Waals surface area contributed by atoms with E-state index in [1.807, 2.05) is 0 Å². The summed E-state index contributed by atoms with van der Waals surface area (Å²) in [6, 6.07) is 8.90. The van der Waals surface area contributed by atoms with Gasteiger partial charge in [-0.05, 0) is 55.0 Å². The van der Waals surface area contributed by atoms with Gasteiger partial charge >= 0.3 is 6.03 Å². The van der Waals surface area contributed by atoms with E-state index in [0.29, 0.717) is 12.2 Å². The van der Waals surface area contributed by atoms with Crippen molar-refractivity contribution < 1.29 is 29.3 Å². The van der Waals surface area contributed by atoms with E-state index < -0.39 is 17.8 Å². The fraction of sp³-hybridized carbons (Fsp3) is 0.105. The number of anilines is 1. The van der Waals surface area contributed by atoms with Gasteiger partial charge in [-0.3, -0.25) is 14.9 Å². The fourth-order valence-electron chi connectivity index (χ4n) is 2.55. The molecule has 0 saturated carbocycles. The number of ether oxygens (including phenoxy) is 1.